The van der Waals surface area contributed by atoms with Gasteiger partial charge in [-0.05, 0) is 38.0 Å². The van der Waals surface area contributed by atoms with Gasteiger partial charge in [-0.15, -0.1) is 0 Å². The molecule has 6 nitrogen and oxygen atoms in total. The molecule has 0 aliphatic carbocycles. The van der Waals surface area contributed by atoms with Gasteiger partial charge in [0.2, 0.25) is 0 Å². The zero-order valence-electron chi connectivity index (χ0n) is 12.7. The maximum atomic E-state index is 12.2. The molecule has 1 fully saturated rings. The number of carbonyl (C=O) groups is 1. The number of hydrogen-bond donors (Lipinski definition) is 1. The highest BCUT2D eigenvalue weighted by Gasteiger charge is 2.17. The van der Waals surface area contributed by atoms with Gasteiger partial charge in [0.15, 0.2) is 17.2 Å². The van der Waals surface area contributed by atoms with Crippen LogP contribution in [-0.4, -0.2) is 29.0 Å². The van der Waals surface area contributed by atoms with E-state index in [9.17, 15) is 4.79 Å². The number of thiazole rings is 1. The van der Waals surface area contributed by atoms with Gasteiger partial charge in [0, 0.05) is 18.8 Å². The molecule has 3 aromatic rings. The molecule has 7 heteroatoms. The van der Waals surface area contributed by atoms with Crippen LogP contribution in [0, 0.1) is 6.92 Å². The second-order valence-corrected chi connectivity index (χ2v) is 6.59. The van der Waals surface area contributed by atoms with Crippen molar-refractivity contribution in [3.63, 3.8) is 0 Å². The molecule has 0 unspecified atom stereocenters. The highest BCUT2D eigenvalue weighted by atomic mass is 32.1. The van der Waals surface area contributed by atoms with Gasteiger partial charge in [0.1, 0.15) is 5.76 Å². The predicted octanol–water partition coefficient (Wildman–Crippen LogP) is 3.45. The van der Waals surface area contributed by atoms with E-state index in [-0.39, 0.29) is 5.91 Å². The maximum Gasteiger partial charge on any atom is 0.277 e. The maximum absolute atomic E-state index is 12.2. The highest BCUT2D eigenvalue weighted by Crippen LogP contribution is 2.32. The number of oxazole rings is 1. The summed E-state index contributed by atoms with van der Waals surface area (Å²) in [6.07, 6.45) is 3.74. The molecule has 0 bridgehead atoms. The van der Waals surface area contributed by atoms with Gasteiger partial charge in [-0.1, -0.05) is 11.3 Å². The molecular formula is C16H16N4O2S. The van der Waals surface area contributed by atoms with Gasteiger partial charge in [-0.2, -0.15) is 0 Å². The van der Waals surface area contributed by atoms with E-state index in [4.69, 9.17) is 4.42 Å². The standard InChI is InChI=1S/C16H16N4O2S/c1-10-14(17-9-22-10)15(21)18-11-4-5-12-13(8-11)23-16(19-12)20-6-2-3-7-20/h4-5,8-9H,2-3,6-7H2,1H3,(H,18,21). The largest absolute Gasteiger partial charge is 0.448 e. The number of hydrogen-bond acceptors (Lipinski definition) is 6. The Morgan fingerprint density at radius 1 is 1.35 bits per heavy atom. The fourth-order valence-corrected chi connectivity index (χ4v) is 3.80. The number of nitrogens with one attached hydrogen (secondary N) is 1. The number of carbonyl (C=O) groups excluding carboxylic acids is 1. The van der Waals surface area contributed by atoms with Gasteiger partial charge < -0.3 is 14.6 Å². The van der Waals surface area contributed by atoms with Gasteiger partial charge in [0.25, 0.3) is 5.91 Å². The van der Waals surface area contributed by atoms with E-state index in [1.54, 1.807) is 18.3 Å². The third-order valence-corrected chi connectivity index (χ3v) is 5.05. The molecule has 4 rings (SSSR count). The van der Waals surface area contributed by atoms with Crippen molar-refractivity contribution in [3.8, 4) is 0 Å². The van der Waals surface area contributed by atoms with E-state index in [0.29, 0.717) is 11.5 Å². The molecule has 118 valence electrons. The molecule has 1 aliphatic rings. The lowest BCUT2D eigenvalue weighted by Crippen LogP contribution is -2.16. The van der Waals surface area contributed by atoms with E-state index >= 15 is 0 Å². The molecular weight excluding hydrogens is 312 g/mol. The molecule has 0 spiro atoms. The second kappa shape index (κ2) is 5.66. The zero-order chi connectivity index (χ0) is 15.8. The van der Waals surface area contributed by atoms with Gasteiger partial charge >= 0.3 is 0 Å². The molecule has 0 saturated carbocycles. The van der Waals surface area contributed by atoms with Crippen molar-refractivity contribution in [2.45, 2.75) is 19.8 Å². The summed E-state index contributed by atoms with van der Waals surface area (Å²) in [6.45, 7) is 3.88. The zero-order valence-corrected chi connectivity index (χ0v) is 13.5. The first-order valence-electron chi connectivity index (χ1n) is 7.58. The number of fused-ring (bicyclic) bond motifs is 1. The van der Waals surface area contributed by atoms with Gasteiger partial charge in [0.05, 0.1) is 10.2 Å². The molecule has 1 aliphatic heterocycles. The Morgan fingerprint density at radius 3 is 2.91 bits per heavy atom. The van der Waals surface area contributed by atoms with Crippen LogP contribution in [0.3, 0.4) is 0 Å². The quantitative estimate of drug-likeness (QED) is 0.797. The summed E-state index contributed by atoms with van der Waals surface area (Å²) in [4.78, 5) is 23.1. The van der Waals surface area contributed by atoms with E-state index in [2.05, 4.69) is 20.2 Å². The topological polar surface area (TPSA) is 71.3 Å². The second-order valence-electron chi connectivity index (χ2n) is 5.58. The normalized spacial score (nSPS) is 14.6. The Balaban J connectivity index is 1.58. The molecule has 1 amide bonds. The van der Waals surface area contributed by atoms with Crippen molar-refractivity contribution in [2.75, 3.05) is 23.3 Å². The summed E-state index contributed by atoms with van der Waals surface area (Å²) in [7, 11) is 0. The summed E-state index contributed by atoms with van der Waals surface area (Å²) < 4.78 is 6.14. The number of benzene rings is 1. The fourth-order valence-electron chi connectivity index (χ4n) is 2.75. The van der Waals surface area contributed by atoms with Crippen LogP contribution in [0.1, 0.15) is 29.1 Å². The molecule has 2 aromatic heterocycles. The third-order valence-electron chi connectivity index (χ3n) is 3.97. The smallest absolute Gasteiger partial charge is 0.277 e. The molecule has 0 atom stereocenters. The Bertz CT molecular complexity index is 864. The average molecular weight is 328 g/mol. The minimum absolute atomic E-state index is 0.264. The molecule has 0 radical (unpaired) electrons. The number of anilines is 2. The van der Waals surface area contributed by atoms with Crippen LogP contribution in [0.5, 0.6) is 0 Å². The van der Waals surface area contributed by atoms with Crippen LogP contribution < -0.4 is 10.2 Å². The van der Waals surface area contributed by atoms with Crippen LogP contribution in [0.15, 0.2) is 29.0 Å². The molecule has 1 N–H and O–H groups in total. The summed E-state index contributed by atoms with van der Waals surface area (Å²) in [5.41, 5.74) is 2.01. The lowest BCUT2D eigenvalue weighted by Gasteiger charge is -2.11. The lowest BCUT2D eigenvalue weighted by molar-refractivity contribution is 0.102. The number of rotatable bonds is 3. The van der Waals surface area contributed by atoms with Crippen molar-refractivity contribution < 1.29 is 9.21 Å². The summed E-state index contributed by atoms with van der Waals surface area (Å²) in [6, 6.07) is 5.76. The van der Waals surface area contributed by atoms with E-state index in [1.807, 2.05) is 18.2 Å². The first-order valence-corrected chi connectivity index (χ1v) is 8.39. The van der Waals surface area contributed by atoms with Gasteiger partial charge in [-0.25, -0.2) is 9.97 Å². The Kier molecular flexibility index (Phi) is 3.49. The molecule has 1 aromatic carbocycles. The third kappa shape index (κ3) is 2.68. The van der Waals surface area contributed by atoms with Crippen molar-refractivity contribution in [1.29, 1.82) is 0 Å². The first kappa shape index (κ1) is 14.2. The van der Waals surface area contributed by atoms with Crippen molar-refractivity contribution in [2.24, 2.45) is 0 Å². The first-order chi connectivity index (χ1) is 11.2. The minimum atomic E-state index is -0.264. The van der Waals surface area contributed by atoms with Crippen molar-refractivity contribution >= 4 is 38.3 Å². The molecule has 1 saturated heterocycles. The highest BCUT2D eigenvalue weighted by molar-refractivity contribution is 7.22. The van der Waals surface area contributed by atoms with Crippen molar-refractivity contribution in [1.82, 2.24) is 9.97 Å². The Morgan fingerprint density at radius 2 is 2.17 bits per heavy atom. The van der Waals surface area contributed by atoms with Gasteiger partial charge in [-0.3, -0.25) is 4.79 Å². The molecule has 3 heterocycles. The van der Waals surface area contributed by atoms with E-state index < -0.39 is 0 Å². The number of nitrogens with zero attached hydrogens (tertiary/aromatic N) is 3. The minimum Gasteiger partial charge on any atom is -0.448 e. The van der Waals surface area contributed by atoms with Crippen LogP contribution in [0.2, 0.25) is 0 Å². The summed E-state index contributed by atoms with van der Waals surface area (Å²) in [5.74, 6) is 0.248. The van der Waals surface area contributed by atoms with Crippen molar-refractivity contribution in [3.05, 3.63) is 36.0 Å². The summed E-state index contributed by atoms with van der Waals surface area (Å²) >= 11 is 1.67. The van der Waals surface area contributed by atoms with Crippen LogP contribution >= 0.6 is 11.3 Å². The number of amides is 1. The van der Waals surface area contributed by atoms with E-state index in [1.165, 1.54) is 19.2 Å². The Labute approximate surface area is 137 Å². The van der Waals surface area contributed by atoms with Crippen LogP contribution in [0.4, 0.5) is 10.8 Å². The fraction of sp³-hybridized carbons (Fsp3) is 0.312. The molecule has 23 heavy (non-hydrogen) atoms. The monoisotopic (exact) mass is 328 g/mol. The van der Waals surface area contributed by atoms with Crippen LogP contribution in [-0.2, 0) is 0 Å². The Hall–Kier alpha value is -2.41. The number of aromatic nitrogens is 2. The number of aryl methyl sites for hydroxylation is 1. The van der Waals surface area contributed by atoms with Crippen LogP contribution in [0.25, 0.3) is 10.2 Å². The lowest BCUT2D eigenvalue weighted by atomic mass is 10.2. The predicted molar refractivity (Wildman–Crippen MR) is 90.3 cm³/mol. The average Bonchev–Trinajstić information content (AvgIpc) is 3.26. The summed E-state index contributed by atoms with van der Waals surface area (Å²) in [5, 5.41) is 3.92. The van der Waals surface area contributed by atoms with E-state index in [0.717, 1.165) is 34.1 Å². The SMILES string of the molecule is Cc1ocnc1C(=O)Nc1ccc2nc(N3CCCC3)sc2c1.